The van der Waals surface area contributed by atoms with E-state index in [-0.39, 0.29) is 5.91 Å². The van der Waals surface area contributed by atoms with Crippen LogP contribution in [0, 0.1) is 0 Å². The lowest BCUT2D eigenvalue weighted by Gasteiger charge is -2.22. The first-order valence-corrected chi connectivity index (χ1v) is 9.20. The van der Waals surface area contributed by atoms with E-state index in [1.54, 1.807) is 24.3 Å². The highest BCUT2D eigenvalue weighted by Gasteiger charge is 2.48. The van der Waals surface area contributed by atoms with Gasteiger partial charge in [-0.1, -0.05) is 54.6 Å². The molecule has 7 heteroatoms. The van der Waals surface area contributed by atoms with Crippen molar-refractivity contribution >= 4 is 17.8 Å². The van der Waals surface area contributed by atoms with Gasteiger partial charge < -0.3 is 19.9 Å². The van der Waals surface area contributed by atoms with E-state index in [1.165, 1.54) is 13.0 Å². The summed E-state index contributed by atoms with van der Waals surface area (Å²) in [6, 6.07) is 8.53. The van der Waals surface area contributed by atoms with Crippen molar-refractivity contribution in [2.24, 2.45) is 0 Å². The molecule has 1 aliphatic heterocycles. The van der Waals surface area contributed by atoms with Crippen LogP contribution >= 0.6 is 0 Å². The molecule has 154 valence electrons. The quantitative estimate of drug-likeness (QED) is 0.270. The van der Waals surface area contributed by atoms with Gasteiger partial charge in [0.05, 0.1) is 6.61 Å². The first-order chi connectivity index (χ1) is 13.8. The average molecular weight is 399 g/mol. The van der Waals surface area contributed by atoms with Crippen LogP contribution in [0.25, 0.3) is 0 Å². The molecule has 1 fully saturated rings. The van der Waals surface area contributed by atoms with E-state index in [0.717, 1.165) is 11.6 Å². The Morgan fingerprint density at radius 2 is 1.86 bits per heavy atom. The topological polar surface area (TPSA) is 105 Å². The van der Waals surface area contributed by atoms with Crippen molar-refractivity contribution in [2.45, 2.75) is 38.0 Å². The first kappa shape index (κ1) is 22.1. The molecule has 0 aliphatic carbocycles. The molecule has 0 saturated carbocycles. The van der Waals surface area contributed by atoms with Crippen LogP contribution in [0.1, 0.15) is 19.4 Å². The Balaban J connectivity index is 2.06. The third-order valence-corrected chi connectivity index (χ3v) is 4.25. The summed E-state index contributed by atoms with van der Waals surface area (Å²) in [6.45, 7) is 3.62. The number of aliphatic carboxylic acids is 1. The summed E-state index contributed by atoms with van der Waals surface area (Å²) < 4.78 is 11.1. The molecule has 0 bridgehead atoms. The maximum Gasteiger partial charge on any atom is 0.329 e. The van der Waals surface area contributed by atoms with Crippen LogP contribution in [0.5, 0.6) is 0 Å². The van der Waals surface area contributed by atoms with Crippen molar-refractivity contribution in [2.75, 3.05) is 6.61 Å². The molecule has 0 unspecified atom stereocenters. The minimum atomic E-state index is -1.04. The van der Waals surface area contributed by atoms with E-state index >= 15 is 0 Å². The van der Waals surface area contributed by atoms with Gasteiger partial charge in [0.2, 0.25) is 5.91 Å². The van der Waals surface area contributed by atoms with Crippen molar-refractivity contribution in [3.63, 3.8) is 0 Å². The van der Waals surface area contributed by atoms with E-state index in [0.29, 0.717) is 13.0 Å². The molecule has 0 aromatic heterocycles. The Labute approximate surface area is 169 Å². The van der Waals surface area contributed by atoms with Crippen molar-refractivity contribution in [3.05, 3.63) is 72.4 Å². The van der Waals surface area contributed by atoms with Crippen molar-refractivity contribution < 1.29 is 29.0 Å². The zero-order valence-electron chi connectivity index (χ0n) is 16.4. The Morgan fingerprint density at radius 1 is 1.21 bits per heavy atom. The Bertz CT molecular complexity index is 808. The van der Waals surface area contributed by atoms with Gasteiger partial charge in [-0.2, -0.15) is 0 Å². The predicted octanol–water partition coefficient (Wildman–Crippen LogP) is 2.19. The number of carboxylic acid groups (broad SMARTS) is 1. The molecule has 1 aromatic rings. The second kappa shape index (κ2) is 10.4. The number of nitrogens with one attached hydrogen (secondary N) is 1. The average Bonchev–Trinajstić information content (AvgIpc) is 3.41. The Hall–Kier alpha value is -3.19. The smallest absolute Gasteiger partial charge is 0.329 e. The number of rotatable bonds is 10. The zero-order valence-corrected chi connectivity index (χ0v) is 16.4. The van der Waals surface area contributed by atoms with Crippen molar-refractivity contribution in [1.82, 2.24) is 5.32 Å². The standard InChI is InChI=1S/C22H25NO6/c1-16(24)23-18(14-17-10-6-5-7-11-17)21(27)29-19(22(2)15-28-22)12-8-3-4-9-13-20(25)26/h3-13,18-19H,14-15H2,1-2H3,(H,23,24)(H,25,26)/b4-3-,12-8+,13-9+/t18-,19+,22-/m0/s1. The third-order valence-electron chi connectivity index (χ3n) is 4.25. The lowest BCUT2D eigenvalue weighted by atomic mass is 10.0. The Kier molecular flexibility index (Phi) is 7.91. The van der Waals surface area contributed by atoms with Gasteiger partial charge in [-0.05, 0) is 18.6 Å². The monoisotopic (exact) mass is 399 g/mol. The van der Waals surface area contributed by atoms with E-state index in [2.05, 4.69) is 5.32 Å². The number of carboxylic acids is 1. The summed E-state index contributed by atoms with van der Waals surface area (Å²) in [5.41, 5.74) is 0.280. The number of amides is 1. The number of epoxide rings is 1. The number of allylic oxidation sites excluding steroid dienone is 4. The fourth-order valence-corrected chi connectivity index (χ4v) is 2.57. The Morgan fingerprint density at radius 3 is 2.45 bits per heavy atom. The SMILES string of the molecule is CC(=O)N[C@@H](Cc1ccccc1)C(=O)O[C@H](/C=C/C=C\C=C\C(=O)O)[C@]1(C)CO1. The van der Waals surface area contributed by atoms with Crippen molar-refractivity contribution in [3.8, 4) is 0 Å². The van der Waals surface area contributed by atoms with E-state index in [1.807, 2.05) is 37.3 Å². The van der Waals surface area contributed by atoms with Crippen LogP contribution in [0.4, 0.5) is 0 Å². The number of carbonyl (C=O) groups is 3. The number of ether oxygens (including phenoxy) is 2. The van der Waals surface area contributed by atoms with Gasteiger partial charge in [0.25, 0.3) is 0 Å². The van der Waals surface area contributed by atoms with E-state index in [9.17, 15) is 14.4 Å². The summed E-state index contributed by atoms with van der Waals surface area (Å²) in [4.78, 5) is 34.7. The number of hydrogen-bond acceptors (Lipinski definition) is 5. The largest absolute Gasteiger partial charge is 0.478 e. The normalized spacial score (nSPS) is 20.6. The van der Waals surface area contributed by atoms with Crippen LogP contribution in [0.15, 0.2) is 66.8 Å². The summed E-state index contributed by atoms with van der Waals surface area (Å²) in [5, 5.41) is 11.2. The molecule has 1 saturated heterocycles. The lowest BCUT2D eigenvalue weighted by molar-refractivity contribution is -0.153. The van der Waals surface area contributed by atoms with Gasteiger partial charge in [-0.3, -0.25) is 4.79 Å². The molecule has 2 N–H and O–H groups in total. The summed E-state index contributed by atoms with van der Waals surface area (Å²) in [7, 11) is 0. The second-order valence-electron chi connectivity index (χ2n) is 6.87. The van der Waals surface area contributed by atoms with Crippen LogP contribution < -0.4 is 5.32 Å². The summed E-state index contributed by atoms with van der Waals surface area (Å²) >= 11 is 0. The first-order valence-electron chi connectivity index (χ1n) is 9.20. The molecule has 7 nitrogen and oxygen atoms in total. The number of benzene rings is 1. The molecule has 29 heavy (non-hydrogen) atoms. The highest BCUT2D eigenvalue weighted by Crippen LogP contribution is 2.33. The third kappa shape index (κ3) is 7.75. The lowest BCUT2D eigenvalue weighted by Crippen LogP contribution is -2.45. The van der Waals surface area contributed by atoms with E-state index in [4.69, 9.17) is 14.6 Å². The van der Waals surface area contributed by atoms with Gasteiger partial charge >= 0.3 is 11.9 Å². The van der Waals surface area contributed by atoms with Crippen molar-refractivity contribution in [1.29, 1.82) is 0 Å². The van der Waals surface area contributed by atoms with Gasteiger partial charge in [-0.15, -0.1) is 0 Å². The van der Waals surface area contributed by atoms with Gasteiger partial charge in [-0.25, -0.2) is 9.59 Å². The highest BCUT2D eigenvalue weighted by atomic mass is 16.6. The van der Waals surface area contributed by atoms with Crippen LogP contribution in [-0.4, -0.2) is 47.3 Å². The molecular formula is C22H25NO6. The fourth-order valence-electron chi connectivity index (χ4n) is 2.57. The summed E-state index contributed by atoms with van der Waals surface area (Å²) in [6.07, 6.45) is 8.56. The molecule has 1 aromatic carbocycles. The maximum atomic E-state index is 12.8. The van der Waals surface area contributed by atoms with Crippen LogP contribution in [-0.2, 0) is 30.3 Å². The molecular weight excluding hydrogens is 374 g/mol. The van der Waals surface area contributed by atoms with Gasteiger partial charge in [0.15, 0.2) is 6.10 Å². The molecule has 1 aliphatic rings. The fraction of sp³-hybridized carbons (Fsp3) is 0.318. The highest BCUT2D eigenvalue weighted by molar-refractivity contribution is 5.83. The number of esters is 1. The van der Waals surface area contributed by atoms with Gasteiger partial charge in [0.1, 0.15) is 11.6 Å². The molecule has 1 heterocycles. The molecule has 3 atom stereocenters. The van der Waals surface area contributed by atoms with E-state index < -0.39 is 29.7 Å². The van der Waals surface area contributed by atoms with Crippen LogP contribution in [0.3, 0.4) is 0 Å². The van der Waals surface area contributed by atoms with Gasteiger partial charge in [0, 0.05) is 19.4 Å². The summed E-state index contributed by atoms with van der Waals surface area (Å²) in [5.74, 6) is -1.91. The number of carbonyl (C=O) groups excluding carboxylic acids is 2. The number of hydrogen-bond donors (Lipinski definition) is 2. The predicted molar refractivity (Wildman–Crippen MR) is 107 cm³/mol. The zero-order chi connectivity index (χ0) is 21.3. The second-order valence-corrected chi connectivity index (χ2v) is 6.87. The molecule has 2 rings (SSSR count). The molecule has 0 spiro atoms. The maximum absolute atomic E-state index is 12.8. The minimum Gasteiger partial charge on any atom is -0.478 e. The molecule has 1 amide bonds. The molecule has 0 radical (unpaired) electrons. The van der Waals surface area contributed by atoms with Crippen LogP contribution in [0.2, 0.25) is 0 Å². The minimum absolute atomic E-state index is 0.313.